The molecule has 0 fully saturated rings. The van der Waals surface area contributed by atoms with Crippen molar-refractivity contribution in [3.8, 4) is 5.75 Å². The Hall–Kier alpha value is -0.610. The van der Waals surface area contributed by atoms with Crippen LogP contribution in [0.2, 0.25) is 0 Å². The normalized spacial score (nSPS) is 12.8. The van der Waals surface area contributed by atoms with Crippen molar-refractivity contribution in [2.24, 2.45) is 5.92 Å². The van der Waals surface area contributed by atoms with E-state index in [2.05, 4.69) is 42.0 Å². The van der Waals surface area contributed by atoms with Crippen molar-refractivity contribution >= 4 is 15.9 Å². The summed E-state index contributed by atoms with van der Waals surface area (Å²) < 4.78 is 19.5. The zero-order chi connectivity index (χ0) is 13.5. The molecule has 0 bridgehead atoms. The summed E-state index contributed by atoms with van der Waals surface area (Å²) in [7, 11) is 0. The van der Waals surface area contributed by atoms with Crippen molar-refractivity contribution in [3.05, 3.63) is 28.5 Å². The van der Waals surface area contributed by atoms with Crippen LogP contribution in [0.1, 0.15) is 27.2 Å². The molecule has 0 aliphatic carbocycles. The molecule has 0 aromatic heterocycles. The predicted octanol–water partition coefficient (Wildman–Crippen LogP) is 3.99. The Kier molecular flexibility index (Phi) is 6.65. The third kappa shape index (κ3) is 5.36. The molecule has 0 spiro atoms. The van der Waals surface area contributed by atoms with E-state index in [9.17, 15) is 4.39 Å². The first kappa shape index (κ1) is 15.4. The Morgan fingerprint density at radius 1 is 1.33 bits per heavy atom. The van der Waals surface area contributed by atoms with E-state index in [4.69, 9.17) is 4.74 Å². The summed E-state index contributed by atoms with van der Waals surface area (Å²) in [6.07, 6.45) is 1.01. The van der Waals surface area contributed by atoms with Gasteiger partial charge in [-0.3, -0.25) is 0 Å². The van der Waals surface area contributed by atoms with Crippen LogP contribution in [-0.4, -0.2) is 19.2 Å². The van der Waals surface area contributed by atoms with Gasteiger partial charge in [0.15, 0.2) is 0 Å². The highest BCUT2D eigenvalue weighted by Crippen LogP contribution is 2.26. The van der Waals surface area contributed by atoms with Crippen LogP contribution < -0.4 is 10.1 Å². The highest BCUT2D eigenvalue weighted by Gasteiger charge is 2.10. The molecule has 102 valence electrons. The molecular formula is C14H21BrFNO. The maximum absolute atomic E-state index is 13.0. The summed E-state index contributed by atoms with van der Waals surface area (Å²) in [6, 6.07) is 4.49. The lowest BCUT2D eigenvalue weighted by Gasteiger charge is -2.19. The molecule has 0 saturated carbocycles. The van der Waals surface area contributed by atoms with E-state index in [1.165, 1.54) is 12.1 Å². The monoisotopic (exact) mass is 317 g/mol. The number of benzene rings is 1. The van der Waals surface area contributed by atoms with Crippen LogP contribution in [0.15, 0.2) is 22.7 Å². The van der Waals surface area contributed by atoms with Crippen molar-refractivity contribution in [2.75, 3.05) is 13.1 Å². The van der Waals surface area contributed by atoms with Crippen LogP contribution >= 0.6 is 15.9 Å². The van der Waals surface area contributed by atoms with Gasteiger partial charge in [0.1, 0.15) is 17.7 Å². The van der Waals surface area contributed by atoms with Gasteiger partial charge >= 0.3 is 0 Å². The molecule has 1 aromatic rings. The fourth-order valence-corrected chi connectivity index (χ4v) is 2.00. The molecule has 2 nitrogen and oxygen atoms in total. The first-order chi connectivity index (χ1) is 8.52. The molecule has 18 heavy (non-hydrogen) atoms. The maximum Gasteiger partial charge on any atom is 0.134 e. The molecule has 0 aliphatic heterocycles. The summed E-state index contributed by atoms with van der Waals surface area (Å²) in [5.74, 6) is 1.05. The second-order valence-electron chi connectivity index (χ2n) is 4.77. The zero-order valence-electron chi connectivity index (χ0n) is 11.2. The number of hydrogen-bond donors (Lipinski definition) is 1. The average molecular weight is 318 g/mol. The van der Waals surface area contributed by atoms with Crippen molar-refractivity contribution in [1.29, 1.82) is 0 Å². The lowest BCUT2D eigenvalue weighted by molar-refractivity contribution is 0.190. The van der Waals surface area contributed by atoms with Crippen LogP contribution in [0.4, 0.5) is 4.39 Å². The van der Waals surface area contributed by atoms with Gasteiger partial charge in [-0.15, -0.1) is 0 Å². The van der Waals surface area contributed by atoms with Gasteiger partial charge in [0.2, 0.25) is 0 Å². The van der Waals surface area contributed by atoms with Crippen molar-refractivity contribution in [3.63, 3.8) is 0 Å². The Bertz CT molecular complexity index is 371. The first-order valence-corrected chi connectivity index (χ1v) is 7.14. The second-order valence-corrected chi connectivity index (χ2v) is 5.63. The van der Waals surface area contributed by atoms with E-state index in [0.717, 1.165) is 19.5 Å². The molecule has 0 amide bonds. The summed E-state index contributed by atoms with van der Waals surface area (Å²) in [5.41, 5.74) is 0. The lowest BCUT2D eigenvalue weighted by Crippen LogP contribution is -2.33. The van der Waals surface area contributed by atoms with E-state index in [1.807, 2.05) is 0 Å². The van der Waals surface area contributed by atoms with Crippen molar-refractivity contribution < 1.29 is 9.13 Å². The third-order valence-electron chi connectivity index (χ3n) is 2.57. The first-order valence-electron chi connectivity index (χ1n) is 6.35. The maximum atomic E-state index is 13.0. The van der Waals surface area contributed by atoms with Gasteiger partial charge in [0, 0.05) is 6.54 Å². The van der Waals surface area contributed by atoms with E-state index in [-0.39, 0.29) is 11.9 Å². The van der Waals surface area contributed by atoms with Gasteiger partial charge in [0.05, 0.1) is 4.47 Å². The molecule has 0 aliphatic rings. The highest BCUT2D eigenvalue weighted by molar-refractivity contribution is 9.10. The number of hydrogen-bond acceptors (Lipinski definition) is 2. The molecule has 0 radical (unpaired) electrons. The van der Waals surface area contributed by atoms with Gasteiger partial charge in [0.25, 0.3) is 0 Å². The standard InChI is InChI=1S/C14H21BrFNO/c1-4-12(9-17-8-10(2)3)18-14-6-5-11(16)7-13(14)15/h5-7,10,12,17H,4,8-9H2,1-3H3. The van der Waals surface area contributed by atoms with Gasteiger partial charge in [-0.25, -0.2) is 4.39 Å². The number of rotatable bonds is 7. The largest absolute Gasteiger partial charge is 0.488 e. The van der Waals surface area contributed by atoms with Gasteiger partial charge in [-0.05, 0) is 53.0 Å². The molecule has 4 heteroatoms. The third-order valence-corrected chi connectivity index (χ3v) is 3.19. The summed E-state index contributed by atoms with van der Waals surface area (Å²) in [5, 5.41) is 3.37. The molecule has 1 N–H and O–H groups in total. The lowest BCUT2D eigenvalue weighted by atomic mass is 10.2. The minimum absolute atomic E-state index is 0.102. The Morgan fingerprint density at radius 3 is 2.61 bits per heavy atom. The summed E-state index contributed by atoms with van der Waals surface area (Å²) in [6.45, 7) is 8.21. The molecule has 1 unspecified atom stereocenters. The van der Waals surface area contributed by atoms with Crippen LogP contribution in [0.25, 0.3) is 0 Å². The Balaban J connectivity index is 2.51. The predicted molar refractivity (Wildman–Crippen MR) is 76.5 cm³/mol. The van der Waals surface area contributed by atoms with E-state index >= 15 is 0 Å². The number of nitrogens with one attached hydrogen (secondary N) is 1. The van der Waals surface area contributed by atoms with Crippen LogP contribution in [0, 0.1) is 11.7 Å². The molecule has 1 rings (SSSR count). The SMILES string of the molecule is CCC(CNCC(C)C)Oc1ccc(F)cc1Br. The van der Waals surface area contributed by atoms with E-state index in [0.29, 0.717) is 16.1 Å². The molecule has 1 atom stereocenters. The van der Waals surface area contributed by atoms with Crippen LogP contribution in [-0.2, 0) is 0 Å². The minimum Gasteiger partial charge on any atom is -0.488 e. The van der Waals surface area contributed by atoms with Crippen LogP contribution in [0.5, 0.6) is 5.75 Å². The summed E-state index contributed by atoms with van der Waals surface area (Å²) in [4.78, 5) is 0. The van der Waals surface area contributed by atoms with Crippen molar-refractivity contribution in [2.45, 2.75) is 33.3 Å². The van der Waals surface area contributed by atoms with Gasteiger partial charge in [-0.2, -0.15) is 0 Å². The zero-order valence-corrected chi connectivity index (χ0v) is 12.8. The topological polar surface area (TPSA) is 21.3 Å². The van der Waals surface area contributed by atoms with Gasteiger partial charge < -0.3 is 10.1 Å². The Labute approximate surface area is 117 Å². The minimum atomic E-state index is -0.264. The fourth-order valence-electron chi connectivity index (χ4n) is 1.55. The number of halogens is 2. The second kappa shape index (κ2) is 7.74. The summed E-state index contributed by atoms with van der Waals surface area (Å²) >= 11 is 3.31. The van der Waals surface area contributed by atoms with Crippen LogP contribution in [0.3, 0.4) is 0 Å². The smallest absolute Gasteiger partial charge is 0.134 e. The van der Waals surface area contributed by atoms with Gasteiger partial charge in [-0.1, -0.05) is 20.8 Å². The number of ether oxygens (including phenoxy) is 1. The van der Waals surface area contributed by atoms with E-state index < -0.39 is 0 Å². The molecule has 1 aromatic carbocycles. The quantitative estimate of drug-likeness (QED) is 0.821. The fraction of sp³-hybridized carbons (Fsp3) is 0.571. The molecule has 0 heterocycles. The van der Waals surface area contributed by atoms with Crippen molar-refractivity contribution in [1.82, 2.24) is 5.32 Å². The average Bonchev–Trinajstić information content (AvgIpc) is 2.30. The molecule has 0 saturated heterocycles. The Morgan fingerprint density at radius 2 is 2.06 bits per heavy atom. The molecular weight excluding hydrogens is 297 g/mol. The highest BCUT2D eigenvalue weighted by atomic mass is 79.9. The van der Waals surface area contributed by atoms with E-state index in [1.54, 1.807) is 6.07 Å².